The standard InChI is InChI=1S/C57H45N3O/c1-6-19-39(20-7-1)41-23-18-30-46(35-41)60-52-37-42(40-21-8-2-9-22-40)36-51-55(52)54(57-56(60)49-31-16-17-32-53(49)61-57)48-34-33-47(38-50(48)59(51)45-28-14-5-15-29-45)58(43-24-10-3-11-25-43)44-26-12-4-13-27-44/h1,3-7,10-20,23-38,40,54H,2,8-9,21-22H2. The maximum absolute atomic E-state index is 7.20. The van der Waals surface area contributed by atoms with Crippen LogP contribution in [0.5, 0.6) is 0 Å². The lowest BCUT2D eigenvalue weighted by molar-refractivity contribution is 0.443. The summed E-state index contributed by atoms with van der Waals surface area (Å²) in [6, 6.07) is 73.1. The Morgan fingerprint density at radius 3 is 1.79 bits per heavy atom. The molecule has 0 bridgehead atoms. The lowest BCUT2D eigenvalue weighted by Crippen LogP contribution is -2.29. The van der Waals surface area contributed by atoms with Crippen LogP contribution >= 0.6 is 0 Å². The second-order valence-electron chi connectivity index (χ2n) is 16.7. The summed E-state index contributed by atoms with van der Waals surface area (Å²) < 4.78 is 7.20. The first-order valence-electron chi connectivity index (χ1n) is 21.8. The van der Waals surface area contributed by atoms with Gasteiger partial charge in [-0.15, -0.1) is 0 Å². The first-order chi connectivity index (χ1) is 30.3. The number of para-hydroxylation sites is 4. The zero-order valence-electron chi connectivity index (χ0n) is 34.0. The molecule has 1 unspecified atom stereocenters. The van der Waals surface area contributed by atoms with Crippen molar-refractivity contribution in [3.63, 3.8) is 0 Å². The minimum Gasteiger partial charge on any atom is -0.458 e. The quantitative estimate of drug-likeness (QED) is 0.160. The summed E-state index contributed by atoms with van der Waals surface area (Å²) in [6.07, 6.45) is 6.26. The number of hydrogen-bond donors (Lipinski definition) is 0. The lowest BCUT2D eigenvalue weighted by Gasteiger charge is -2.44. The van der Waals surface area contributed by atoms with Crippen LogP contribution in [0, 0.1) is 0 Å². The van der Waals surface area contributed by atoms with E-state index >= 15 is 0 Å². The number of anilines is 9. The average Bonchev–Trinajstić information content (AvgIpc) is 3.72. The highest BCUT2D eigenvalue weighted by Gasteiger charge is 2.45. The number of nitrogens with zero attached hydrogens (tertiary/aromatic N) is 3. The molecular formula is C57H45N3O. The molecule has 12 rings (SSSR count). The summed E-state index contributed by atoms with van der Waals surface area (Å²) in [5.74, 6) is 1.34. The van der Waals surface area contributed by atoms with Crippen molar-refractivity contribution in [2.45, 2.75) is 43.9 Å². The van der Waals surface area contributed by atoms with E-state index in [1.165, 1.54) is 71.3 Å². The van der Waals surface area contributed by atoms with E-state index < -0.39 is 0 Å². The minimum absolute atomic E-state index is 0.132. The van der Waals surface area contributed by atoms with Gasteiger partial charge in [-0.3, -0.25) is 0 Å². The number of furan rings is 1. The first kappa shape index (κ1) is 35.6. The van der Waals surface area contributed by atoms with Crippen LogP contribution in [-0.4, -0.2) is 0 Å². The van der Waals surface area contributed by atoms with E-state index in [2.05, 4.69) is 215 Å². The molecule has 0 saturated heterocycles. The second-order valence-corrected chi connectivity index (χ2v) is 16.7. The van der Waals surface area contributed by atoms with Crippen molar-refractivity contribution < 1.29 is 4.42 Å². The highest BCUT2D eigenvalue weighted by Crippen LogP contribution is 2.63. The first-order valence-corrected chi connectivity index (χ1v) is 21.8. The molecular weight excluding hydrogens is 743 g/mol. The summed E-state index contributed by atoms with van der Waals surface area (Å²) in [6.45, 7) is 0. The van der Waals surface area contributed by atoms with Gasteiger partial charge in [-0.1, -0.05) is 135 Å². The Kier molecular flexibility index (Phi) is 8.62. The molecule has 61 heavy (non-hydrogen) atoms. The van der Waals surface area contributed by atoms with Gasteiger partial charge in [0.1, 0.15) is 11.3 Å². The Morgan fingerprint density at radius 1 is 0.459 bits per heavy atom. The van der Waals surface area contributed by atoms with Crippen molar-refractivity contribution >= 4 is 62.2 Å². The third kappa shape index (κ3) is 5.96. The van der Waals surface area contributed by atoms with Crippen LogP contribution in [-0.2, 0) is 0 Å². The van der Waals surface area contributed by atoms with Gasteiger partial charge in [0.05, 0.1) is 28.7 Å². The Balaban J connectivity index is 1.16. The number of hydrogen-bond acceptors (Lipinski definition) is 4. The predicted octanol–water partition coefficient (Wildman–Crippen LogP) is 16.4. The van der Waals surface area contributed by atoms with Crippen LogP contribution in [0.25, 0.3) is 22.1 Å². The largest absolute Gasteiger partial charge is 0.458 e. The molecule has 1 saturated carbocycles. The fourth-order valence-electron chi connectivity index (χ4n) is 10.4. The van der Waals surface area contributed by atoms with Crippen LogP contribution < -0.4 is 14.7 Å². The summed E-state index contributed by atoms with van der Waals surface area (Å²) >= 11 is 0. The van der Waals surface area contributed by atoms with Crippen molar-refractivity contribution in [3.05, 3.63) is 223 Å². The van der Waals surface area contributed by atoms with Crippen molar-refractivity contribution in [1.29, 1.82) is 0 Å². The lowest BCUT2D eigenvalue weighted by atomic mass is 9.76. The molecule has 1 aromatic heterocycles. The monoisotopic (exact) mass is 787 g/mol. The molecule has 4 nitrogen and oxygen atoms in total. The molecule has 0 amide bonds. The van der Waals surface area contributed by atoms with Crippen molar-refractivity contribution in [2.24, 2.45) is 0 Å². The Labute approximate surface area is 357 Å². The van der Waals surface area contributed by atoms with Crippen LogP contribution in [0.3, 0.4) is 0 Å². The van der Waals surface area contributed by atoms with Gasteiger partial charge in [-0.2, -0.15) is 0 Å². The Hall–Kier alpha value is -7.30. The van der Waals surface area contributed by atoms with Gasteiger partial charge in [0, 0.05) is 39.4 Å². The Bertz CT molecular complexity index is 2990. The molecule has 0 N–H and O–H groups in total. The third-order valence-electron chi connectivity index (χ3n) is 13.2. The fourth-order valence-corrected chi connectivity index (χ4v) is 10.4. The molecule has 0 spiro atoms. The Morgan fingerprint density at radius 2 is 1.07 bits per heavy atom. The molecule has 8 aromatic carbocycles. The highest BCUT2D eigenvalue weighted by atomic mass is 16.3. The zero-order chi connectivity index (χ0) is 40.3. The van der Waals surface area contributed by atoms with Crippen LogP contribution in [0.15, 0.2) is 205 Å². The normalized spacial score (nSPS) is 15.6. The van der Waals surface area contributed by atoms with Gasteiger partial charge in [0.25, 0.3) is 0 Å². The summed E-state index contributed by atoms with van der Waals surface area (Å²) in [5, 5.41) is 1.13. The fraction of sp³-hybridized carbons (Fsp3) is 0.123. The molecule has 3 heterocycles. The topological polar surface area (TPSA) is 22.9 Å². The molecule has 1 atom stereocenters. The van der Waals surface area contributed by atoms with E-state index in [0.29, 0.717) is 5.92 Å². The molecule has 4 heteroatoms. The van der Waals surface area contributed by atoms with E-state index in [4.69, 9.17) is 4.42 Å². The van der Waals surface area contributed by atoms with Gasteiger partial charge in [0.15, 0.2) is 0 Å². The van der Waals surface area contributed by atoms with Gasteiger partial charge < -0.3 is 19.1 Å². The number of rotatable bonds is 7. The van der Waals surface area contributed by atoms with E-state index in [0.717, 1.165) is 56.5 Å². The van der Waals surface area contributed by atoms with Crippen molar-refractivity contribution in [3.8, 4) is 11.1 Å². The molecule has 1 aliphatic carbocycles. The zero-order valence-corrected chi connectivity index (χ0v) is 34.0. The van der Waals surface area contributed by atoms with Gasteiger partial charge >= 0.3 is 0 Å². The van der Waals surface area contributed by atoms with Gasteiger partial charge in [0.2, 0.25) is 0 Å². The summed E-state index contributed by atoms with van der Waals surface area (Å²) in [5.41, 5.74) is 17.6. The minimum atomic E-state index is -0.132. The van der Waals surface area contributed by atoms with E-state index in [1.807, 2.05) is 0 Å². The van der Waals surface area contributed by atoms with E-state index in [1.54, 1.807) is 0 Å². The van der Waals surface area contributed by atoms with Crippen molar-refractivity contribution in [2.75, 3.05) is 14.7 Å². The maximum atomic E-state index is 7.20. The van der Waals surface area contributed by atoms with E-state index in [9.17, 15) is 0 Å². The molecule has 9 aromatic rings. The molecule has 1 fully saturated rings. The van der Waals surface area contributed by atoms with Crippen LogP contribution in [0.4, 0.5) is 51.2 Å². The summed E-state index contributed by atoms with van der Waals surface area (Å²) in [7, 11) is 0. The van der Waals surface area contributed by atoms with Crippen molar-refractivity contribution in [1.82, 2.24) is 0 Å². The van der Waals surface area contributed by atoms with Gasteiger partial charge in [-0.05, 0) is 126 Å². The maximum Gasteiger partial charge on any atom is 0.141 e. The van der Waals surface area contributed by atoms with E-state index in [-0.39, 0.29) is 5.92 Å². The SMILES string of the molecule is c1ccc(-c2cccc(N3c4cc(C5CCCCC5)cc5c4C(c4ccc(N(c6ccccc6)c6ccccc6)cc4N5c4ccccc4)c4oc5ccccc5c43)c2)cc1. The van der Waals surface area contributed by atoms with Crippen LogP contribution in [0.1, 0.15) is 66.4 Å². The second kappa shape index (κ2) is 14.8. The molecule has 3 aliphatic rings. The molecule has 294 valence electrons. The highest BCUT2D eigenvalue weighted by molar-refractivity contribution is 6.05. The molecule has 0 radical (unpaired) electrons. The summed E-state index contributed by atoms with van der Waals surface area (Å²) in [4.78, 5) is 7.45. The average molecular weight is 788 g/mol. The number of fused-ring (bicyclic) bond motifs is 6. The van der Waals surface area contributed by atoms with Gasteiger partial charge in [-0.25, -0.2) is 0 Å². The van der Waals surface area contributed by atoms with Crippen LogP contribution in [0.2, 0.25) is 0 Å². The predicted molar refractivity (Wildman–Crippen MR) is 252 cm³/mol. The number of benzene rings is 8. The molecule has 2 aliphatic heterocycles. The third-order valence-corrected chi connectivity index (χ3v) is 13.2. The smallest absolute Gasteiger partial charge is 0.141 e.